The molecule has 0 atom stereocenters. The average molecular weight is 390 g/mol. The van der Waals surface area contributed by atoms with Gasteiger partial charge in [-0.05, 0) is 18.6 Å². The summed E-state index contributed by atoms with van der Waals surface area (Å²) < 4.78 is 4.77. The maximum Gasteiger partial charge on any atom is 0.357 e. The van der Waals surface area contributed by atoms with Crippen LogP contribution in [0.4, 0.5) is 0 Å². The van der Waals surface area contributed by atoms with E-state index in [9.17, 15) is 4.79 Å². The summed E-state index contributed by atoms with van der Waals surface area (Å²) in [6, 6.07) is 5.21. The normalized spacial score (nSPS) is 10.5. The number of hydrogen-bond donors (Lipinski definition) is 0. The van der Waals surface area contributed by atoms with Crippen LogP contribution in [0.5, 0.6) is 0 Å². The highest BCUT2D eigenvalue weighted by Crippen LogP contribution is 2.30. The number of aromatic nitrogens is 2. The lowest BCUT2D eigenvalue weighted by Crippen LogP contribution is -2.11. The first-order valence-corrected chi connectivity index (χ1v) is 7.89. The zero-order chi connectivity index (χ0) is 15.4. The predicted molar refractivity (Wildman–Crippen MR) is 86.3 cm³/mol. The fraction of sp³-hybridized carbons (Fsp3) is 0.214. The molecule has 21 heavy (non-hydrogen) atoms. The molecule has 4 nitrogen and oxygen atoms in total. The minimum Gasteiger partial charge on any atom is -0.464 e. The van der Waals surface area contributed by atoms with Gasteiger partial charge in [0.2, 0.25) is 0 Å². The van der Waals surface area contributed by atoms with Gasteiger partial charge in [-0.2, -0.15) is 0 Å². The summed E-state index contributed by atoms with van der Waals surface area (Å²) in [5.74, 6) is -0.491. The number of carbonyl (C=O) groups excluding carboxylic acids is 1. The third-order valence-corrected chi connectivity index (χ3v) is 4.00. The molecule has 0 radical (unpaired) electrons. The van der Waals surface area contributed by atoms with Gasteiger partial charge in [0, 0.05) is 16.5 Å². The largest absolute Gasteiger partial charge is 0.464 e. The zero-order valence-electron chi connectivity index (χ0n) is 11.1. The number of benzene rings is 1. The summed E-state index contributed by atoms with van der Waals surface area (Å²) in [5.41, 5.74) is 2.38. The molecule has 0 spiro atoms. The van der Waals surface area contributed by atoms with Crippen molar-refractivity contribution in [1.29, 1.82) is 0 Å². The van der Waals surface area contributed by atoms with Crippen molar-refractivity contribution in [2.24, 2.45) is 0 Å². The van der Waals surface area contributed by atoms with Gasteiger partial charge in [0.1, 0.15) is 6.33 Å². The van der Waals surface area contributed by atoms with E-state index >= 15 is 0 Å². The van der Waals surface area contributed by atoms with Crippen LogP contribution < -0.4 is 0 Å². The van der Waals surface area contributed by atoms with Crippen molar-refractivity contribution in [1.82, 2.24) is 9.97 Å². The molecule has 0 aliphatic rings. The number of halogens is 3. The Balaban J connectivity index is 2.61. The average Bonchev–Trinajstić information content (AvgIpc) is 2.50. The first kappa shape index (κ1) is 16.2. The van der Waals surface area contributed by atoms with Crippen LogP contribution in [0, 0.1) is 0 Å². The minimum absolute atomic E-state index is 0.257. The molecule has 0 bridgehead atoms. The fourth-order valence-corrected chi connectivity index (χ4v) is 2.60. The van der Waals surface area contributed by atoms with Crippen LogP contribution in [0.2, 0.25) is 10.0 Å². The van der Waals surface area contributed by atoms with Gasteiger partial charge in [-0.15, -0.1) is 0 Å². The van der Waals surface area contributed by atoms with Crippen molar-refractivity contribution in [3.63, 3.8) is 0 Å². The molecule has 0 saturated heterocycles. The standard InChI is InChI=1S/C14H11BrCl2N2O2/c1-21-14(20)13-9(4-5-15)12(18-7-19-13)8-2-3-10(16)11(17)6-8/h2-3,6-7H,4-5H2,1H3. The van der Waals surface area contributed by atoms with Crippen molar-refractivity contribution in [3.8, 4) is 11.3 Å². The lowest BCUT2D eigenvalue weighted by atomic mass is 10.0. The molecule has 0 aliphatic heterocycles. The predicted octanol–water partition coefficient (Wildman–Crippen LogP) is 4.17. The molecule has 0 N–H and O–H groups in total. The van der Waals surface area contributed by atoms with Gasteiger partial charge in [0.15, 0.2) is 5.69 Å². The first-order chi connectivity index (χ1) is 10.1. The number of carbonyl (C=O) groups is 1. The number of ether oxygens (including phenoxy) is 1. The summed E-state index contributed by atoms with van der Waals surface area (Å²) in [5, 5.41) is 1.56. The third kappa shape index (κ3) is 3.54. The van der Waals surface area contributed by atoms with Crippen molar-refractivity contribution >= 4 is 45.1 Å². The molecule has 0 saturated carbocycles. The number of hydrogen-bond acceptors (Lipinski definition) is 4. The summed E-state index contributed by atoms with van der Waals surface area (Å²) in [4.78, 5) is 20.1. The molecule has 0 unspecified atom stereocenters. The molecule has 2 aromatic rings. The van der Waals surface area contributed by atoms with Crippen LogP contribution in [-0.4, -0.2) is 28.4 Å². The van der Waals surface area contributed by atoms with E-state index in [-0.39, 0.29) is 5.69 Å². The Bertz CT molecular complexity index is 680. The van der Waals surface area contributed by atoms with Crippen molar-refractivity contribution in [2.45, 2.75) is 6.42 Å². The van der Waals surface area contributed by atoms with E-state index in [4.69, 9.17) is 27.9 Å². The monoisotopic (exact) mass is 388 g/mol. The second kappa shape index (κ2) is 7.20. The Labute approximate surface area is 140 Å². The molecule has 7 heteroatoms. The molecule has 2 rings (SSSR count). The molecule has 1 aromatic heterocycles. The van der Waals surface area contributed by atoms with Crippen LogP contribution in [0.15, 0.2) is 24.5 Å². The van der Waals surface area contributed by atoms with Crippen LogP contribution in [0.3, 0.4) is 0 Å². The fourth-order valence-electron chi connectivity index (χ4n) is 1.91. The Kier molecular flexibility index (Phi) is 5.56. The maximum absolute atomic E-state index is 11.8. The first-order valence-electron chi connectivity index (χ1n) is 6.02. The Hall–Kier alpha value is -1.17. The molecular formula is C14H11BrCl2N2O2. The second-order valence-electron chi connectivity index (χ2n) is 4.11. The summed E-state index contributed by atoms with van der Waals surface area (Å²) in [7, 11) is 1.32. The highest BCUT2D eigenvalue weighted by molar-refractivity contribution is 9.09. The zero-order valence-corrected chi connectivity index (χ0v) is 14.2. The number of methoxy groups -OCH3 is 1. The van der Waals surface area contributed by atoms with E-state index in [1.165, 1.54) is 13.4 Å². The molecule has 0 fully saturated rings. The van der Waals surface area contributed by atoms with E-state index < -0.39 is 5.97 Å². The van der Waals surface area contributed by atoms with Crippen molar-refractivity contribution in [2.75, 3.05) is 12.4 Å². The van der Waals surface area contributed by atoms with Gasteiger partial charge in [-0.1, -0.05) is 45.2 Å². The maximum atomic E-state index is 11.8. The lowest BCUT2D eigenvalue weighted by Gasteiger charge is -2.11. The van der Waals surface area contributed by atoms with E-state index in [0.717, 1.165) is 5.56 Å². The van der Waals surface area contributed by atoms with Gasteiger partial charge in [0.25, 0.3) is 0 Å². The third-order valence-electron chi connectivity index (χ3n) is 2.86. The number of rotatable bonds is 4. The summed E-state index contributed by atoms with van der Waals surface area (Å²) in [6.07, 6.45) is 1.92. The van der Waals surface area contributed by atoms with Crippen molar-refractivity contribution < 1.29 is 9.53 Å². The molecule has 0 amide bonds. The van der Waals surface area contributed by atoms with E-state index in [2.05, 4.69) is 25.9 Å². The molecular weight excluding hydrogens is 379 g/mol. The SMILES string of the molecule is COC(=O)c1ncnc(-c2ccc(Cl)c(Cl)c2)c1CCBr. The van der Waals surface area contributed by atoms with Crippen LogP contribution in [0.1, 0.15) is 16.1 Å². The molecule has 1 heterocycles. The Morgan fingerprint density at radius 3 is 2.67 bits per heavy atom. The van der Waals surface area contributed by atoms with Crippen LogP contribution in [0.25, 0.3) is 11.3 Å². The van der Waals surface area contributed by atoms with Gasteiger partial charge >= 0.3 is 5.97 Å². The Morgan fingerprint density at radius 1 is 1.29 bits per heavy atom. The summed E-state index contributed by atoms with van der Waals surface area (Å²) >= 11 is 15.3. The van der Waals surface area contributed by atoms with E-state index in [1.807, 2.05) is 0 Å². The second-order valence-corrected chi connectivity index (χ2v) is 5.72. The lowest BCUT2D eigenvalue weighted by molar-refractivity contribution is 0.0592. The number of esters is 1. The topological polar surface area (TPSA) is 52.1 Å². The van der Waals surface area contributed by atoms with E-state index in [0.29, 0.717) is 33.1 Å². The quantitative estimate of drug-likeness (QED) is 0.581. The smallest absolute Gasteiger partial charge is 0.357 e. The summed E-state index contributed by atoms with van der Waals surface area (Å²) in [6.45, 7) is 0. The van der Waals surface area contributed by atoms with Gasteiger partial charge in [-0.3, -0.25) is 0 Å². The van der Waals surface area contributed by atoms with Gasteiger partial charge < -0.3 is 4.74 Å². The van der Waals surface area contributed by atoms with Crippen LogP contribution in [-0.2, 0) is 11.2 Å². The number of nitrogens with zero attached hydrogens (tertiary/aromatic N) is 2. The molecule has 0 aliphatic carbocycles. The van der Waals surface area contributed by atoms with E-state index in [1.54, 1.807) is 18.2 Å². The molecule has 1 aromatic carbocycles. The molecule has 110 valence electrons. The van der Waals surface area contributed by atoms with Gasteiger partial charge in [0.05, 0.1) is 22.8 Å². The van der Waals surface area contributed by atoms with Crippen molar-refractivity contribution in [3.05, 3.63) is 45.8 Å². The number of alkyl halides is 1. The van der Waals surface area contributed by atoms with Gasteiger partial charge in [-0.25, -0.2) is 14.8 Å². The Morgan fingerprint density at radius 2 is 2.05 bits per heavy atom. The highest BCUT2D eigenvalue weighted by atomic mass is 79.9. The van der Waals surface area contributed by atoms with Crippen LogP contribution >= 0.6 is 39.1 Å². The minimum atomic E-state index is -0.491. The highest BCUT2D eigenvalue weighted by Gasteiger charge is 2.19.